The van der Waals surface area contributed by atoms with Crippen molar-refractivity contribution >= 4 is 43.0 Å². The van der Waals surface area contributed by atoms with Crippen molar-refractivity contribution in [2.24, 2.45) is 0 Å². The van der Waals surface area contributed by atoms with Crippen molar-refractivity contribution in [2.45, 2.75) is 22.8 Å². The van der Waals surface area contributed by atoms with Crippen LogP contribution in [0.4, 0.5) is 5.69 Å². The zero-order valence-electron chi connectivity index (χ0n) is 22.1. The number of carbonyl (C=O) groups excluding carboxylic acids is 1. The van der Waals surface area contributed by atoms with Crippen molar-refractivity contribution in [1.82, 2.24) is 9.21 Å². The lowest BCUT2D eigenvalue weighted by atomic mass is 10.2. The molecule has 0 bridgehead atoms. The van der Waals surface area contributed by atoms with Crippen LogP contribution >= 0.6 is 11.3 Å². The number of carbonyl (C=O) groups is 1. The first-order valence-electron chi connectivity index (χ1n) is 12.4. The highest BCUT2D eigenvalue weighted by Gasteiger charge is 2.30. The van der Waals surface area contributed by atoms with E-state index >= 15 is 0 Å². The van der Waals surface area contributed by atoms with Gasteiger partial charge in [0.1, 0.15) is 24.2 Å². The Morgan fingerprint density at radius 1 is 0.975 bits per heavy atom. The summed E-state index contributed by atoms with van der Waals surface area (Å²) in [6.45, 7) is 3.01. The van der Waals surface area contributed by atoms with Crippen molar-refractivity contribution in [3.63, 3.8) is 0 Å². The number of sulfonamides is 2. The van der Waals surface area contributed by atoms with Gasteiger partial charge in [-0.2, -0.15) is 15.6 Å². The van der Waals surface area contributed by atoms with Crippen LogP contribution < -0.4 is 14.2 Å². The van der Waals surface area contributed by atoms with E-state index in [9.17, 15) is 21.6 Å². The van der Waals surface area contributed by atoms with Gasteiger partial charge in [-0.15, -0.1) is 0 Å². The Morgan fingerprint density at radius 2 is 1.68 bits per heavy atom. The SMILES string of the molecule is COc1ccc(S(=O)(=O)N2CCN(C[C@@H](COc3ccccc3NS(=O)(=O)c3ccsc3)OC(C)=O)CC2)cc1. The zero-order valence-corrected chi connectivity index (χ0v) is 24.5. The second kappa shape index (κ2) is 13.0. The van der Waals surface area contributed by atoms with E-state index in [-0.39, 0.29) is 40.9 Å². The number of hydrogen-bond donors (Lipinski definition) is 1. The van der Waals surface area contributed by atoms with Crippen LogP contribution in [0.5, 0.6) is 11.5 Å². The highest BCUT2D eigenvalue weighted by molar-refractivity contribution is 7.92. The number of thiophene rings is 1. The normalized spacial score (nSPS) is 15.8. The lowest BCUT2D eigenvalue weighted by Crippen LogP contribution is -2.51. The molecule has 1 N–H and O–H groups in total. The molecule has 11 nitrogen and oxygen atoms in total. The minimum absolute atomic E-state index is 0.0267. The highest BCUT2D eigenvalue weighted by atomic mass is 32.2. The molecule has 1 atom stereocenters. The second-order valence-electron chi connectivity index (χ2n) is 8.98. The number of esters is 1. The molecule has 1 aliphatic rings. The van der Waals surface area contributed by atoms with Crippen molar-refractivity contribution in [3.05, 3.63) is 65.4 Å². The Balaban J connectivity index is 1.36. The third-order valence-electron chi connectivity index (χ3n) is 6.18. The Labute approximate surface area is 238 Å². The molecule has 0 unspecified atom stereocenters. The molecule has 0 amide bonds. The summed E-state index contributed by atoms with van der Waals surface area (Å²) >= 11 is 1.27. The molecule has 0 spiro atoms. The summed E-state index contributed by atoms with van der Waals surface area (Å²) in [6, 6.07) is 14.4. The van der Waals surface area contributed by atoms with E-state index in [2.05, 4.69) is 4.72 Å². The third kappa shape index (κ3) is 7.52. The first kappa shape index (κ1) is 29.8. The molecule has 2 heterocycles. The Kier molecular flexibility index (Phi) is 9.68. The smallest absolute Gasteiger partial charge is 0.303 e. The van der Waals surface area contributed by atoms with Crippen LogP contribution in [0, 0.1) is 0 Å². The molecular weight excluding hydrogens is 579 g/mol. The van der Waals surface area contributed by atoms with Gasteiger partial charge in [0.25, 0.3) is 10.0 Å². The number of rotatable bonds is 12. The number of para-hydroxylation sites is 2. The third-order valence-corrected chi connectivity index (χ3v) is 10.3. The lowest BCUT2D eigenvalue weighted by molar-refractivity contribution is -0.149. The summed E-state index contributed by atoms with van der Waals surface area (Å²) in [5.74, 6) is 0.375. The van der Waals surface area contributed by atoms with Gasteiger partial charge in [-0.1, -0.05) is 12.1 Å². The molecule has 4 rings (SSSR count). The number of nitrogens with one attached hydrogen (secondary N) is 1. The van der Waals surface area contributed by atoms with E-state index < -0.39 is 32.1 Å². The summed E-state index contributed by atoms with van der Waals surface area (Å²) in [5.41, 5.74) is 0.257. The number of ether oxygens (including phenoxy) is 3. The molecule has 40 heavy (non-hydrogen) atoms. The molecule has 3 aromatic rings. The molecule has 1 aliphatic heterocycles. The summed E-state index contributed by atoms with van der Waals surface area (Å²) in [7, 11) is -5.92. The van der Waals surface area contributed by atoms with Crippen molar-refractivity contribution < 1.29 is 35.8 Å². The van der Waals surface area contributed by atoms with Crippen LogP contribution in [0.3, 0.4) is 0 Å². The van der Waals surface area contributed by atoms with Gasteiger partial charge < -0.3 is 14.2 Å². The number of nitrogens with zero attached hydrogens (tertiary/aromatic N) is 2. The van der Waals surface area contributed by atoms with Crippen LogP contribution in [0.1, 0.15) is 6.92 Å². The van der Waals surface area contributed by atoms with Gasteiger partial charge in [-0.05, 0) is 47.8 Å². The molecule has 2 aromatic carbocycles. The fourth-order valence-corrected chi connectivity index (χ4v) is 7.69. The van der Waals surface area contributed by atoms with Crippen LogP contribution in [0.15, 0.2) is 75.1 Å². The van der Waals surface area contributed by atoms with Gasteiger partial charge in [-0.3, -0.25) is 14.4 Å². The molecule has 0 aliphatic carbocycles. The molecule has 0 saturated carbocycles. The minimum Gasteiger partial charge on any atom is -0.497 e. The largest absolute Gasteiger partial charge is 0.497 e. The van der Waals surface area contributed by atoms with Crippen molar-refractivity contribution in [2.75, 3.05) is 51.2 Å². The van der Waals surface area contributed by atoms with E-state index in [1.807, 2.05) is 4.90 Å². The average Bonchev–Trinajstić information content (AvgIpc) is 3.49. The summed E-state index contributed by atoms with van der Waals surface area (Å²) in [6.07, 6.45) is -0.663. The fraction of sp³-hybridized carbons (Fsp3) is 0.346. The topological polar surface area (TPSA) is 132 Å². The van der Waals surface area contributed by atoms with E-state index in [4.69, 9.17) is 14.2 Å². The van der Waals surface area contributed by atoms with Gasteiger partial charge in [-0.25, -0.2) is 16.8 Å². The van der Waals surface area contributed by atoms with E-state index in [1.54, 1.807) is 41.8 Å². The number of benzene rings is 2. The zero-order chi connectivity index (χ0) is 28.8. The predicted octanol–water partition coefficient (Wildman–Crippen LogP) is 2.87. The Hall–Kier alpha value is -3.17. The lowest BCUT2D eigenvalue weighted by Gasteiger charge is -2.35. The number of hydrogen-bond acceptors (Lipinski definition) is 10. The molecule has 0 radical (unpaired) electrons. The summed E-state index contributed by atoms with van der Waals surface area (Å²) < 4.78 is 72.0. The first-order valence-corrected chi connectivity index (χ1v) is 16.3. The van der Waals surface area contributed by atoms with E-state index in [0.29, 0.717) is 25.4 Å². The van der Waals surface area contributed by atoms with Gasteiger partial charge in [0, 0.05) is 45.0 Å². The van der Waals surface area contributed by atoms with Crippen LogP contribution in [-0.2, 0) is 29.6 Å². The minimum atomic E-state index is -3.79. The van der Waals surface area contributed by atoms with Crippen molar-refractivity contribution in [3.8, 4) is 11.5 Å². The second-order valence-corrected chi connectivity index (χ2v) is 13.4. The Bertz CT molecular complexity index is 1490. The highest BCUT2D eigenvalue weighted by Crippen LogP contribution is 2.28. The summed E-state index contributed by atoms with van der Waals surface area (Å²) in [4.78, 5) is 14.1. The van der Waals surface area contributed by atoms with Crippen molar-refractivity contribution in [1.29, 1.82) is 0 Å². The summed E-state index contributed by atoms with van der Waals surface area (Å²) in [5, 5.41) is 3.21. The predicted molar refractivity (Wildman–Crippen MR) is 151 cm³/mol. The molecule has 1 saturated heterocycles. The number of methoxy groups -OCH3 is 1. The van der Waals surface area contributed by atoms with Gasteiger partial charge in [0.15, 0.2) is 0 Å². The van der Waals surface area contributed by atoms with Crippen LogP contribution in [0.2, 0.25) is 0 Å². The maximum Gasteiger partial charge on any atom is 0.303 e. The fourth-order valence-electron chi connectivity index (χ4n) is 4.16. The molecule has 216 valence electrons. The van der Waals surface area contributed by atoms with Gasteiger partial charge in [0.2, 0.25) is 10.0 Å². The van der Waals surface area contributed by atoms with E-state index in [0.717, 1.165) is 0 Å². The molecular formula is C26H31N3O8S3. The van der Waals surface area contributed by atoms with E-state index in [1.165, 1.54) is 53.3 Å². The van der Waals surface area contributed by atoms with Gasteiger partial charge >= 0.3 is 5.97 Å². The number of piperazine rings is 1. The van der Waals surface area contributed by atoms with Gasteiger partial charge in [0.05, 0.1) is 22.6 Å². The Morgan fingerprint density at radius 3 is 2.30 bits per heavy atom. The standard InChI is InChI=1S/C26H31N3O8S3/c1-20(30)37-22(18-36-26-6-4-3-5-25(26)27-39(31,32)24-11-16-38-19-24)17-28-12-14-29(15-13-28)40(33,34)23-9-7-21(35-2)8-10-23/h3-11,16,19,22,27H,12-15,17-18H2,1-2H3/t22-/m0/s1. The van der Waals surface area contributed by atoms with Crippen LogP contribution in [-0.4, -0.2) is 84.6 Å². The molecule has 1 aromatic heterocycles. The average molecular weight is 610 g/mol. The number of anilines is 1. The molecule has 1 fully saturated rings. The molecule has 14 heteroatoms. The maximum absolute atomic E-state index is 13.1. The van der Waals surface area contributed by atoms with Crippen LogP contribution in [0.25, 0.3) is 0 Å². The first-order chi connectivity index (χ1) is 19.1. The quantitative estimate of drug-likeness (QED) is 0.308. The monoisotopic (exact) mass is 609 g/mol. The maximum atomic E-state index is 13.1.